The summed E-state index contributed by atoms with van der Waals surface area (Å²) in [5, 5.41) is 12.6. The van der Waals surface area contributed by atoms with Gasteiger partial charge in [0.15, 0.2) is 0 Å². The summed E-state index contributed by atoms with van der Waals surface area (Å²) in [4.78, 5) is 0.228. The number of ether oxygens (including phenoxy) is 1. The molecule has 1 atom stereocenters. The summed E-state index contributed by atoms with van der Waals surface area (Å²) in [6, 6.07) is 18.5. The quantitative estimate of drug-likeness (QED) is 0.686. The number of rotatable bonds is 6. The van der Waals surface area contributed by atoms with Crippen LogP contribution >= 0.6 is 0 Å². The largest absolute Gasteiger partial charge is 0.493 e. The van der Waals surface area contributed by atoms with Gasteiger partial charge in [0.25, 0.3) is 0 Å². The van der Waals surface area contributed by atoms with E-state index in [2.05, 4.69) is 4.72 Å². The van der Waals surface area contributed by atoms with Gasteiger partial charge in [-0.25, -0.2) is 13.1 Å². The number of fused-ring (bicyclic) bond motifs is 2. The molecule has 4 rings (SSSR count). The number of aliphatic hydroxyl groups is 1. The molecule has 27 heavy (non-hydrogen) atoms. The second-order valence-electron chi connectivity index (χ2n) is 6.64. The molecule has 140 valence electrons. The minimum atomic E-state index is -3.62. The standard InChI is InChI=1S/C21H21NO4S/c23-20(19-7-3-5-15-4-1-2-6-18(15)19)10-12-22-27(24,25)17-8-9-21-16(14-17)11-13-26-21/h1-9,14,20,22-23H,10-13H2. The number of hydrogen-bond donors (Lipinski definition) is 2. The third-order valence-electron chi connectivity index (χ3n) is 4.86. The number of aliphatic hydroxyl groups excluding tert-OH is 1. The van der Waals surface area contributed by atoms with E-state index in [1.54, 1.807) is 18.2 Å². The summed E-state index contributed by atoms with van der Waals surface area (Å²) in [6.07, 6.45) is 0.270. The molecule has 6 heteroatoms. The number of nitrogens with one attached hydrogen (secondary N) is 1. The Balaban J connectivity index is 1.44. The molecule has 0 bridgehead atoms. The fourth-order valence-electron chi connectivity index (χ4n) is 3.44. The van der Waals surface area contributed by atoms with Crippen molar-refractivity contribution in [3.8, 4) is 5.75 Å². The summed E-state index contributed by atoms with van der Waals surface area (Å²) in [5.41, 5.74) is 1.72. The van der Waals surface area contributed by atoms with Crippen LogP contribution in [0, 0.1) is 0 Å². The molecular weight excluding hydrogens is 362 g/mol. The highest BCUT2D eigenvalue weighted by molar-refractivity contribution is 7.89. The van der Waals surface area contributed by atoms with E-state index in [1.807, 2.05) is 42.5 Å². The molecule has 0 aliphatic carbocycles. The van der Waals surface area contributed by atoms with E-state index in [-0.39, 0.29) is 11.4 Å². The molecule has 0 spiro atoms. The van der Waals surface area contributed by atoms with Crippen LogP contribution in [0.2, 0.25) is 0 Å². The van der Waals surface area contributed by atoms with E-state index >= 15 is 0 Å². The van der Waals surface area contributed by atoms with Gasteiger partial charge in [0, 0.05) is 13.0 Å². The zero-order valence-electron chi connectivity index (χ0n) is 14.8. The van der Waals surface area contributed by atoms with E-state index in [9.17, 15) is 13.5 Å². The van der Waals surface area contributed by atoms with Crippen molar-refractivity contribution in [2.24, 2.45) is 0 Å². The van der Waals surface area contributed by atoms with E-state index in [0.29, 0.717) is 13.0 Å². The molecule has 1 aliphatic heterocycles. The Morgan fingerprint density at radius 3 is 2.78 bits per heavy atom. The number of sulfonamides is 1. The molecule has 1 unspecified atom stereocenters. The molecule has 0 fully saturated rings. The normalized spacial score (nSPS) is 14.7. The Labute approximate surface area is 158 Å². The zero-order chi connectivity index (χ0) is 18.9. The van der Waals surface area contributed by atoms with Crippen LogP contribution in [-0.2, 0) is 16.4 Å². The van der Waals surface area contributed by atoms with Crippen LogP contribution in [0.4, 0.5) is 0 Å². The smallest absolute Gasteiger partial charge is 0.240 e. The SMILES string of the molecule is O=S(=O)(NCCC(O)c1cccc2ccccc12)c1ccc2c(c1)CCO2. The van der Waals surface area contributed by atoms with Gasteiger partial charge in [0.2, 0.25) is 10.0 Å². The van der Waals surface area contributed by atoms with Crippen LogP contribution in [0.3, 0.4) is 0 Å². The van der Waals surface area contributed by atoms with Gasteiger partial charge in [-0.15, -0.1) is 0 Å². The van der Waals surface area contributed by atoms with Crippen molar-refractivity contribution in [3.05, 3.63) is 71.8 Å². The van der Waals surface area contributed by atoms with Gasteiger partial charge in [-0.3, -0.25) is 0 Å². The highest BCUT2D eigenvalue weighted by Crippen LogP contribution is 2.28. The average Bonchev–Trinajstić information content (AvgIpc) is 3.15. The lowest BCUT2D eigenvalue weighted by atomic mass is 9.99. The number of benzene rings is 3. The lowest BCUT2D eigenvalue weighted by molar-refractivity contribution is 0.170. The summed E-state index contributed by atoms with van der Waals surface area (Å²) in [7, 11) is -3.62. The van der Waals surface area contributed by atoms with E-state index < -0.39 is 16.1 Å². The highest BCUT2D eigenvalue weighted by Gasteiger charge is 2.20. The van der Waals surface area contributed by atoms with Crippen molar-refractivity contribution in [1.29, 1.82) is 0 Å². The molecule has 0 saturated heterocycles. The van der Waals surface area contributed by atoms with Crippen molar-refractivity contribution in [3.63, 3.8) is 0 Å². The molecule has 0 aromatic heterocycles. The summed E-state index contributed by atoms with van der Waals surface area (Å²) >= 11 is 0. The average molecular weight is 383 g/mol. The van der Waals surface area contributed by atoms with Crippen LogP contribution in [0.25, 0.3) is 10.8 Å². The Hall–Kier alpha value is -2.41. The Kier molecular flexibility index (Phi) is 4.86. The topological polar surface area (TPSA) is 75.6 Å². The lowest BCUT2D eigenvalue weighted by Gasteiger charge is -2.14. The molecule has 2 N–H and O–H groups in total. The molecular formula is C21H21NO4S. The molecule has 1 heterocycles. The second-order valence-corrected chi connectivity index (χ2v) is 8.41. The fraction of sp³-hybridized carbons (Fsp3) is 0.238. The number of hydrogen-bond acceptors (Lipinski definition) is 4. The monoisotopic (exact) mass is 383 g/mol. The third-order valence-corrected chi connectivity index (χ3v) is 6.32. The van der Waals surface area contributed by atoms with Crippen molar-refractivity contribution in [1.82, 2.24) is 4.72 Å². The van der Waals surface area contributed by atoms with Crippen LogP contribution in [0.15, 0.2) is 65.6 Å². The molecule has 5 nitrogen and oxygen atoms in total. The van der Waals surface area contributed by atoms with Gasteiger partial charge in [-0.1, -0.05) is 42.5 Å². The summed E-state index contributed by atoms with van der Waals surface area (Å²) in [6.45, 7) is 0.740. The van der Waals surface area contributed by atoms with Crippen LogP contribution in [0.5, 0.6) is 5.75 Å². The first-order valence-electron chi connectivity index (χ1n) is 8.96. The molecule has 1 aliphatic rings. The van der Waals surface area contributed by atoms with Gasteiger partial charge in [0.1, 0.15) is 5.75 Å². The fourth-order valence-corrected chi connectivity index (χ4v) is 4.54. The van der Waals surface area contributed by atoms with Crippen LogP contribution in [0.1, 0.15) is 23.7 Å². The Morgan fingerprint density at radius 1 is 1.07 bits per heavy atom. The summed E-state index contributed by atoms with van der Waals surface area (Å²) < 4.78 is 33.1. The van der Waals surface area contributed by atoms with Crippen LogP contribution in [-0.4, -0.2) is 26.7 Å². The van der Waals surface area contributed by atoms with Crippen molar-refractivity contribution in [2.45, 2.75) is 23.8 Å². The van der Waals surface area contributed by atoms with Gasteiger partial charge in [0.05, 0.1) is 17.6 Å². The van der Waals surface area contributed by atoms with E-state index in [1.165, 1.54) is 0 Å². The summed E-state index contributed by atoms with van der Waals surface area (Å²) in [5.74, 6) is 0.750. The van der Waals surface area contributed by atoms with Gasteiger partial charge in [-0.2, -0.15) is 0 Å². The minimum Gasteiger partial charge on any atom is -0.493 e. The zero-order valence-corrected chi connectivity index (χ0v) is 15.6. The molecule has 3 aromatic carbocycles. The van der Waals surface area contributed by atoms with Gasteiger partial charge < -0.3 is 9.84 Å². The maximum atomic E-state index is 12.5. The molecule has 0 radical (unpaired) electrons. The van der Waals surface area contributed by atoms with Crippen LogP contribution < -0.4 is 9.46 Å². The van der Waals surface area contributed by atoms with Crippen molar-refractivity contribution < 1.29 is 18.3 Å². The van der Waals surface area contributed by atoms with Gasteiger partial charge >= 0.3 is 0 Å². The minimum absolute atomic E-state index is 0.153. The van der Waals surface area contributed by atoms with E-state index in [4.69, 9.17) is 4.74 Å². The Morgan fingerprint density at radius 2 is 1.89 bits per heavy atom. The first kappa shape index (κ1) is 18.0. The first-order valence-corrected chi connectivity index (χ1v) is 10.4. The lowest BCUT2D eigenvalue weighted by Crippen LogP contribution is -2.26. The predicted octanol–water partition coefficient (Wildman–Crippen LogP) is 3.18. The first-order chi connectivity index (χ1) is 13.0. The third kappa shape index (κ3) is 3.69. The highest BCUT2D eigenvalue weighted by atomic mass is 32.2. The maximum absolute atomic E-state index is 12.5. The molecule has 0 amide bonds. The van der Waals surface area contributed by atoms with Crippen molar-refractivity contribution in [2.75, 3.05) is 13.2 Å². The second kappa shape index (κ2) is 7.31. The molecule has 0 saturated carbocycles. The molecule has 3 aromatic rings. The van der Waals surface area contributed by atoms with Gasteiger partial charge in [-0.05, 0) is 46.5 Å². The van der Waals surface area contributed by atoms with Crippen molar-refractivity contribution >= 4 is 20.8 Å². The van der Waals surface area contributed by atoms with E-state index in [0.717, 1.165) is 34.1 Å². The predicted molar refractivity (Wildman–Crippen MR) is 104 cm³/mol. The Bertz CT molecular complexity index is 1070. The maximum Gasteiger partial charge on any atom is 0.240 e.